The Bertz CT molecular complexity index is 1350. The lowest BCUT2D eigenvalue weighted by atomic mass is 9.93. The van der Waals surface area contributed by atoms with E-state index in [1.165, 1.54) is 5.56 Å². The summed E-state index contributed by atoms with van der Waals surface area (Å²) in [7, 11) is 1.84. The number of aromatic amines is 1. The number of piperidine rings is 1. The minimum atomic E-state index is -0.280. The number of likely N-dealkylation sites (N-methyl/N-ethyl adjacent to an activating group) is 1. The van der Waals surface area contributed by atoms with E-state index in [2.05, 4.69) is 61.7 Å². The van der Waals surface area contributed by atoms with Gasteiger partial charge in [-0.25, -0.2) is 4.79 Å². The van der Waals surface area contributed by atoms with Crippen LogP contribution >= 0.6 is 0 Å². The van der Waals surface area contributed by atoms with E-state index in [0.717, 1.165) is 83.1 Å². The monoisotopic (exact) mass is 595 g/mol. The van der Waals surface area contributed by atoms with E-state index in [1.807, 2.05) is 7.05 Å². The van der Waals surface area contributed by atoms with Crippen molar-refractivity contribution in [3.8, 4) is 6.01 Å². The van der Waals surface area contributed by atoms with Gasteiger partial charge >= 0.3 is 11.7 Å². The molecule has 0 saturated carbocycles. The number of unbranched alkanes of at least 4 members (excludes halogenated alkanes) is 2. The van der Waals surface area contributed by atoms with E-state index in [1.54, 1.807) is 4.57 Å². The molecule has 43 heavy (non-hydrogen) atoms. The predicted molar refractivity (Wildman–Crippen MR) is 170 cm³/mol. The molecule has 3 aromatic rings. The molecule has 12 nitrogen and oxygen atoms in total. The number of rotatable bonds is 17. The number of H-pyrrole nitrogens is 1. The Morgan fingerprint density at radius 1 is 1.12 bits per heavy atom. The number of nitrogens with zero attached hydrogens (tertiary/aromatic N) is 4. The summed E-state index contributed by atoms with van der Waals surface area (Å²) in [4.78, 5) is 39.1. The van der Waals surface area contributed by atoms with Crippen molar-refractivity contribution in [1.82, 2.24) is 35.1 Å². The number of amides is 1. The van der Waals surface area contributed by atoms with E-state index >= 15 is 0 Å². The van der Waals surface area contributed by atoms with Crippen molar-refractivity contribution in [2.45, 2.75) is 77.4 Å². The van der Waals surface area contributed by atoms with Gasteiger partial charge in [0.1, 0.15) is 5.52 Å². The van der Waals surface area contributed by atoms with Crippen LogP contribution in [0.3, 0.4) is 0 Å². The molecule has 0 aliphatic carbocycles. The lowest BCUT2D eigenvalue weighted by molar-refractivity contribution is -0.123. The summed E-state index contributed by atoms with van der Waals surface area (Å²) >= 11 is 0. The molecule has 236 valence electrons. The first kappa shape index (κ1) is 32.4. The second kappa shape index (κ2) is 16.4. The summed E-state index contributed by atoms with van der Waals surface area (Å²) in [5, 5.41) is 6.24. The number of aromatic nitrogens is 4. The maximum absolute atomic E-state index is 12.7. The van der Waals surface area contributed by atoms with E-state index in [-0.39, 0.29) is 29.5 Å². The Labute approximate surface area is 254 Å². The average molecular weight is 596 g/mol. The van der Waals surface area contributed by atoms with Gasteiger partial charge in [-0.1, -0.05) is 44.0 Å². The molecule has 1 unspecified atom stereocenters. The van der Waals surface area contributed by atoms with Gasteiger partial charge in [-0.15, -0.1) is 0 Å². The second-order valence-corrected chi connectivity index (χ2v) is 11.5. The number of imidazole rings is 1. The molecule has 3 heterocycles. The zero-order valence-electron chi connectivity index (χ0n) is 25.7. The Morgan fingerprint density at radius 3 is 2.51 bits per heavy atom. The predicted octanol–water partition coefficient (Wildman–Crippen LogP) is 2.36. The number of fused-ring (bicyclic) bond motifs is 1. The highest BCUT2D eigenvalue weighted by Crippen LogP contribution is 2.22. The van der Waals surface area contributed by atoms with Crippen LogP contribution in [0.15, 0.2) is 29.1 Å². The highest BCUT2D eigenvalue weighted by molar-refractivity contribution is 5.82. The summed E-state index contributed by atoms with van der Waals surface area (Å²) in [6, 6.07) is 8.43. The minimum Gasteiger partial charge on any atom is -0.463 e. The molecular formula is C31H49N9O3. The van der Waals surface area contributed by atoms with Crippen LogP contribution in [0.1, 0.15) is 69.4 Å². The van der Waals surface area contributed by atoms with Gasteiger partial charge in [-0.3, -0.25) is 14.3 Å². The number of carbonyl (C=O) groups is 1. The molecule has 1 aromatic carbocycles. The third-order valence-corrected chi connectivity index (χ3v) is 8.30. The molecule has 1 amide bonds. The maximum atomic E-state index is 12.7. The van der Waals surface area contributed by atoms with Gasteiger partial charge in [0.25, 0.3) is 0 Å². The summed E-state index contributed by atoms with van der Waals surface area (Å²) in [6.45, 7) is 7.34. The van der Waals surface area contributed by atoms with Crippen LogP contribution in [-0.2, 0) is 17.9 Å². The van der Waals surface area contributed by atoms with Crippen molar-refractivity contribution in [2.75, 3.05) is 45.6 Å². The van der Waals surface area contributed by atoms with Crippen LogP contribution < -0.4 is 32.5 Å². The highest BCUT2D eigenvalue weighted by atomic mass is 16.5. The largest absolute Gasteiger partial charge is 0.463 e. The standard InChI is InChI=1S/C31H49N9O3/c1-3-4-19-43-30-37-27(33)26-28(38-30)40(31(42)36-26)21-24-10-8-23(9-11-24)20-39-17-13-22(14-18-39)12-16-35-29(41)25(34-2)7-5-6-15-32/h8-11,22,25,34H,3-7,12-21,32H2,1-2H3,(H,35,41)(H,36,42)(H2,33,37,38). The molecule has 4 rings (SSSR count). The van der Waals surface area contributed by atoms with Gasteiger partial charge in [0.15, 0.2) is 11.5 Å². The smallest absolute Gasteiger partial charge is 0.328 e. The fourth-order valence-electron chi connectivity index (χ4n) is 5.60. The average Bonchev–Trinajstić information content (AvgIpc) is 3.32. The van der Waals surface area contributed by atoms with Gasteiger partial charge in [0.2, 0.25) is 5.91 Å². The molecule has 1 fully saturated rings. The Hall–Kier alpha value is -3.48. The number of likely N-dealkylation sites (tertiary alicyclic amines) is 1. The SMILES string of the molecule is CCCCOc1nc(N)c2[nH]c(=O)n(Cc3ccc(CN4CCC(CCNC(=O)C(CCCCN)NC)CC4)cc3)c2n1. The topological polar surface area (TPSA) is 169 Å². The van der Waals surface area contributed by atoms with Crippen molar-refractivity contribution in [2.24, 2.45) is 11.7 Å². The first-order valence-corrected chi connectivity index (χ1v) is 15.8. The Balaban J connectivity index is 1.23. The zero-order valence-corrected chi connectivity index (χ0v) is 25.7. The normalized spacial score (nSPS) is 15.1. The number of hydrogen-bond donors (Lipinski definition) is 5. The van der Waals surface area contributed by atoms with Crippen molar-refractivity contribution in [3.05, 3.63) is 45.9 Å². The number of hydrogen-bond acceptors (Lipinski definition) is 9. The van der Waals surface area contributed by atoms with Crippen LogP contribution in [0.25, 0.3) is 11.2 Å². The van der Waals surface area contributed by atoms with Gasteiger partial charge in [-0.2, -0.15) is 9.97 Å². The molecular weight excluding hydrogens is 546 g/mol. The highest BCUT2D eigenvalue weighted by Gasteiger charge is 2.21. The summed E-state index contributed by atoms with van der Waals surface area (Å²) in [5.41, 5.74) is 14.5. The van der Waals surface area contributed by atoms with Gasteiger partial charge < -0.3 is 31.8 Å². The zero-order chi connectivity index (χ0) is 30.6. The van der Waals surface area contributed by atoms with Crippen molar-refractivity contribution < 1.29 is 9.53 Å². The summed E-state index contributed by atoms with van der Waals surface area (Å²) < 4.78 is 7.21. The first-order chi connectivity index (χ1) is 20.9. The van der Waals surface area contributed by atoms with Crippen molar-refractivity contribution in [1.29, 1.82) is 0 Å². The lowest BCUT2D eigenvalue weighted by Gasteiger charge is -2.32. The van der Waals surface area contributed by atoms with E-state index in [4.69, 9.17) is 16.2 Å². The molecule has 1 atom stereocenters. The first-order valence-electron chi connectivity index (χ1n) is 15.8. The number of benzene rings is 1. The van der Waals surface area contributed by atoms with Crippen LogP contribution in [0.5, 0.6) is 6.01 Å². The second-order valence-electron chi connectivity index (χ2n) is 11.5. The minimum absolute atomic E-state index is 0.0913. The number of nitrogen functional groups attached to an aromatic ring is 1. The van der Waals surface area contributed by atoms with Crippen LogP contribution in [0, 0.1) is 5.92 Å². The van der Waals surface area contributed by atoms with Crippen molar-refractivity contribution >= 4 is 22.9 Å². The molecule has 12 heteroatoms. The number of nitrogens with one attached hydrogen (secondary N) is 3. The van der Waals surface area contributed by atoms with E-state index in [9.17, 15) is 9.59 Å². The fraction of sp³-hybridized carbons (Fsp3) is 0.613. The Kier molecular flexibility index (Phi) is 12.4. The third-order valence-electron chi connectivity index (χ3n) is 8.30. The molecule has 0 bridgehead atoms. The number of ether oxygens (including phenoxy) is 1. The van der Waals surface area contributed by atoms with Crippen LogP contribution in [-0.4, -0.2) is 76.2 Å². The number of nitrogens with two attached hydrogens (primary N) is 2. The molecule has 1 aliphatic heterocycles. The molecule has 1 saturated heterocycles. The van der Waals surface area contributed by atoms with Crippen molar-refractivity contribution in [3.63, 3.8) is 0 Å². The molecule has 7 N–H and O–H groups in total. The molecule has 2 aromatic heterocycles. The number of anilines is 1. The van der Waals surface area contributed by atoms with Gasteiger partial charge in [0.05, 0.1) is 19.2 Å². The number of carbonyl (C=O) groups excluding carboxylic acids is 1. The van der Waals surface area contributed by atoms with Gasteiger partial charge in [-0.05, 0) is 82.3 Å². The molecule has 0 spiro atoms. The molecule has 1 aliphatic rings. The van der Waals surface area contributed by atoms with Gasteiger partial charge in [0, 0.05) is 13.1 Å². The van der Waals surface area contributed by atoms with E-state index in [0.29, 0.717) is 36.8 Å². The third kappa shape index (κ3) is 9.25. The Morgan fingerprint density at radius 2 is 1.84 bits per heavy atom. The summed E-state index contributed by atoms with van der Waals surface area (Å²) in [6.07, 6.45) is 7.90. The fourth-order valence-corrected chi connectivity index (χ4v) is 5.60. The quantitative estimate of drug-likeness (QED) is 0.147. The maximum Gasteiger partial charge on any atom is 0.328 e. The lowest BCUT2D eigenvalue weighted by Crippen LogP contribution is -2.43. The van der Waals surface area contributed by atoms with Crippen LogP contribution in [0.2, 0.25) is 0 Å². The summed E-state index contributed by atoms with van der Waals surface area (Å²) in [5.74, 6) is 0.926. The van der Waals surface area contributed by atoms with E-state index < -0.39 is 0 Å². The van der Waals surface area contributed by atoms with Crippen LogP contribution in [0.4, 0.5) is 5.82 Å². The molecule has 0 radical (unpaired) electrons.